The Morgan fingerprint density at radius 2 is 1.77 bits per heavy atom. The van der Waals surface area contributed by atoms with Crippen molar-refractivity contribution in [3.05, 3.63) is 34.9 Å². The van der Waals surface area contributed by atoms with Crippen LogP contribution in [0.15, 0.2) is 12.1 Å². The molecule has 2 heteroatoms. The largest absolute Gasteiger partial charge is 0.207 e. The van der Waals surface area contributed by atoms with E-state index in [9.17, 15) is 8.78 Å². The average molecular weight is 182 g/mol. The van der Waals surface area contributed by atoms with E-state index >= 15 is 0 Å². The van der Waals surface area contributed by atoms with Crippen LogP contribution in [0.3, 0.4) is 0 Å². The zero-order valence-electron chi connectivity index (χ0n) is 7.61. The van der Waals surface area contributed by atoms with Crippen LogP contribution in [0.2, 0.25) is 0 Å². The summed E-state index contributed by atoms with van der Waals surface area (Å²) in [5.74, 6) is -0.579. The molecule has 0 radical (unpaired) electrons. The summed E-state index contributed by atoms with van der Waals surface area (Å²) in [6.45, 7) is 1.89. The van der Waals surface area contributed by atoms with Gasteiger partial charge in [-0.2, -0.15) is 0 Å². The van der Waals surface area contributed by atoms with Gasteiger partial charge in [-0.15, -0.1) is 0 Å². The molecule has 0 unspecified atom stereocenters. The van der Waals surface area contributed by atoms with E-state index in [0.717, 1.165) is 18.4 Å². The summed E-state index contributed by atoms with van der Waals surface area (Å²) in [6, 6.07) is 2.91. The molecule has 13 heavy (non-hydrogen) atoms. The molecule has 0 nitrogen and oxygen atoms in total. The van der Waals surface area contributed by atoms with Crippen LogP contribution in [0.1, 0.15) is 36.8 Å². The summed E-state index contributed by atoms with van der Waals surface area (Å²) in [6.07, 6.45) is 2.54. The van der Waals surface area contributed by atoms with E-state index < -0.39 is 0 Å². The van der Waals surface area contributed by atoms with Gasteiger partial charge in [-0.25, -0.2) is 8.78 Å². The van der Waals surface area contributed by atoms with Crippen molar-refractivity contribution in [3.8, 4) is 0 Å². The fourth-order valence-electron chi connectivity index (χ4n) is 1.60. The molecule has 1 aliphatic rings. The number of hydrogen-bond donors (Lipinski definition) is 0. The van der Waals surface area contributed by atoms with Crippen molar-refractivity contribution in [2.45, 2.75) is 32.1 Å². The molecule has 1 aromatic carbocycles. The van der Waals surface area contributed by atoms with Gasteiger partial charge in [0.1, 0.15) is 11.6 Å². The van der Waals surface area contributed by atoms with Gasteiger partial charge in [-0.05, 0) is 42.9 Å². The molecule has 0 heterocycles. The molecule has 1 saturated carbocycles. The highest BCUT2D eigenvalue weighted by molar-refractivity contribution is 5.31. The van der Waals surface area contributed by atoms with Crippen LogP contribution in [-0.4, -0.2) is 0 Å². The first kappa shape index (κ1) is 8.67. The topological polar surface area (TPSA) is 0 Å². The summed E-state index contributed by atoms with van der Waals surface area (Å²) >= 11 is 0. The van der Waals surface area contributed by atoms with Gasteiger partial charge >= 0.3 is 0 Å². The third-order valence-electron chi connectivity index (χ3n) is 2.53. The molecule has 0 spiro atoms. The van der Waals surface area contributed by atoms with Gasteiger partial charge in [0.2, 0.25) is 0 Å². The monoisotopic (exact) mass is 182 g/mol. The molecule has 1 aliphatic carbocycles. The SMILES string of the molecule is CCc1cc(F)c(C2CC2)c(F)c1. The van der Waals surface area contributed by atoms with Gasteiger partial charge in [0.05, 0.1) is 0 Å². The van der Waals surface area contributed by atoms with Crippen LogP contribution < -0.4 is 0 Å². The van der Waals surface area contributed by atoms with Crippen LogP contribution >= 0.6 is 0 Å². The van der Waals surface area contributed by atoms with Crippen LogP contribution in [0.4, 0.5) is 8.78 Å². The molecule has 0 amide bonds. The lowest BCUT2D eigenvalue weighted by Gasteiger charge is -2.05. The molecular weight excluding hydrogens is 170 g/mol. The number of benzene rings is 1. The fourth-order valence-corrected chi connectivity index (χ4v) is 1.60. The fraction of sp³-hybridized carbons (Fsp3) is 0.455. The Kier molecular flexibility index (Phi) is 2.06. The van der Waals surface area contributed by atoms with E-state index in [1.165, 1.54) is 12.1 Å². The lowest BCUT2D eigenvalue weighted by molar-refractivity contribution is 0.554. The smallest absolute Gasteiger partial charge is 0.129 e. The predicted molar refractivity (Wildman–Crippen MR) is 47.7 cm³/mol. The highest BCUT2D eigenvalue weighted by atomic mass is 19.1. The molecule has 0 N–H and O–H groups in total. The quantitative estimate of drug-likeness (QED) is 0.657. The Hall–Kier alpha value is -0.920. The average Bonchev–Trinajstić information content (AvgIpc) is 2.87. The van der Waals surface area contributed by atoms with Crippen molar-refractivity contribution in [3.63, 3.8) is 0 Å². The first-order chi connectivity index (χ1) is 6.22. The maximum Gasteiger partial charge on any atom is 0.129 e. The van der Waals surface area contributed by atoms with E-state index in [0.29, 0.717) is 12.0 Å². The third-order valence-corrected chi connectivity index (χ3v) is 2.53. The first-order valence-corrected chi connectivity index (χ1v) is 4.70. The Morgan fingerprint density at radius 3 is 2.15 bits per heavy atom. The third kappa shape index (κ3) is 1.58. The Labute approximate surface area is 76.6 Å². The second-order valence-electron chi connectivity index (χ2n) is 3.60. The van der Waals surface area contributed by atoms with Crippen molar-refractivity contribution in [2.75, 3.05) is 0 Å². The van der Waals surface area contributed by atoms with Crippen molar-refractivity contribution in [1.82, 2.24) is 0 Å². The zero-order chi connectivity index (χ0) is 9.42. The van der Waals surface area contributed by atoms with Crippen LogP contribution in [-0.2, 0) is 6.42 Å². The van der Waals surface area contributed by atoms with Gasteiger partial charge < -0.3 is 0 Å². The highest BCUT2D eigenvalue weighted by Crippen LogP contribution is 2.42. The first-order valence-electron chi connectivity index (χ1n) is 4.70. The number of hydrogen-bond acceptors (Lipinski definition) is 0. The minimum atomic E-state index is -0.362. The molecule has 1 aromatic rings. The molecule has 0 saturated heterocycles. The number of rotatable bonds is 2. The van der Waals surface area contributed by atoms with Gasteiger partial charge in [-0.1, -0.05) is 6.92 Å². The van der Waals surface area contributed by atoms with E-state index in [4.69, 9.17) is 0 Å². The van der Waals surface area contributed by atoms with Crippen LogP contribution in [0, 0.1) is 11.6 Å². The van der Waals surface area contributed by atoms with Crippen molar-refractivity contribution in [2.24, 2.45) is 0 Å². The van der Waals surface area contributed by atoms with Crippen LogP contribution in [0.5, 0.6) is 0 Å². The number of halogens is 2. The van der Waals surface area contributed by atoms with Crippen molar-refractivity contribution >= 4 is 0 Å². The van der Waals surface area contributed by atoms with Crippen LogP contribution in [0.25, 0.3) is 0 Å². The maximum atomic E-state index is 13.3. The van der Waals surface area contributed by atoms with E-state index in [1.54, 1.807) is 0 Å². The number of aryl methyl sites for hydroxylation is 1. The molecule has 1 fully saturated rings. The Morgan fingerprint density at radius 1 is 1.23 bits per heavy atom. The minimum Gasteiger partial charge on any atom is -0.207 e. The van der Waals surface area contributed by atoms with Gasteiger partial charge in [0, 0.05) is 5.56 Å². The van der Waals surface area contributed by atoms with Crippen molar-refractivity contribution < 1.29 is 8.78 Å². The highest BCUT2D eigenvalue weighted by Gasteiger charge is 2.29. The molecule has 0 aromatic heterocycles. The zero-order valence-corrected chi connectivity index (χ0v) is 7.61. The Bertz CT molecular complexity index is 304. The summed E-state index contributed by atoms with van der Waals surface area (Å²) in [5, 5.41) is 0. The molecule has 70 valence electrons. The summed E-state index contributed by atoms with van der Waals surface area (Å²) in [4.78, 5) is 0. The van der Waals surface area contributed by atoms with E-state index in [-0.39, 0.29) is 17.6 Å². The summed E-state index contributed by atoms with van der Waals surface area (Å²) < 4.78 is 26.7. The molecule has 2 rings (SSSR count). The normalized spacial score (nSPS) is 16.2. The van der Waals surface area contributed by atoms with Gasteiger partial charge in [0.25, 0.3) is 0 Å². The van der Waals surface area contributed by atoms with Gasteiger partial charge in [0.15, 0.2) is 0 Å². The lowest BCUT2D eigenvalue weighted by atomic mass is 10.0. The second kappa shape index (κ2) is 3.09. The molecule has 0 bridgehead atoms. The van der Waals surface area contributed by atoms with Gasteiger partial charge in [-0.3, -0.25) is 0 Å². The van der Waals surface area contributed by atoms with E-state index in [1.807, 2.05) is 6.92 Å². The maximum absolute atomic E-state index is 13.3. The standard InChI is InChI=1S/C11H12F2/c1-2-7-5-9(12)11(8-3-4-8)10(13)6-7/h5-6,8H,2-4H2,1H3. The predicted octanol–water partition coefficient (Wildman–Crippen LogP) is 3.40. The second-order valence-corrected chi connectivity index (χ2v) is 3.60. The molecule has 0 atom stereocenters. The summed E-state index contributed by atoms with van der Waals surface area (Å²) in [5.41, 5.74) is 1.04. The molecule has 0 aliphatic heterocycles. The summed E-state index contributed by atoms with van der Waals surface area (Å²) in [7, 11) is 0. The minimum absolute atomic E-state index is 0.144. The van der Waals surface area contributed by atoms with Crippen molar-refractivity contribution in [1.29, 1.82) is 0 Å². The lowest BCUT2D eigenvalue weighted by Crippen LogP contribution is -1.95. The Balaban J connectivity index is 2.44. The van der Waals surface area contributed by atoms with E-state index in [2.05, 4.69) is 0 Å². The molecular formula is C11H12F2.